The molecule has 0 N–H and O–H groups in total. The fraction of sp³-hybridized carbons (Fsp3) is 0.600. The van der Waals surface area contributed by atoms with Gasteiger partial charge in [-0.2, -0.15) is 0 Å². The first-order valence-electron chi connectivity index (χ1n) is 9.41. The second kappa shape index (κ2) is 9.22. The van der Waals surface area contributed by atoms with Crippen LogP contribution in [0.25, 0.3) is 10.2 Å². The molecule has 0 spiro atoms. The summed E-state index contributed by atoms with van der Waals surface area (Å²) in [5, 5.41) is 1.78. The monoisotopic (exact) mass is 423 g/mol. The smallest absolute Gasteiger partial charge is 0.317 e. The van der Waals surface area contributed by atoms with Gasteiger partial charge >= 0.3 is 5.97 Å². The Kier molecular flexibility index (Phi) is 7.45. The molecule has 2 rings (SSSR count). The zero-order chi connectivity index (χ0) is 21.2. The lowest BCUT2D eigenvalue weighted by molar-refractivity contribution is -0.159. The van der Waals surface area contributed by atoms with E-state index in [0.717, 1.165) is 20.8 Å². The molecular weight excluding hydrogens is 394 g/mol. The van der Waals surface area contributed by atoms with Gasteiger partial charge in [0.1, 0.15) is 15.7 Å². The molecule has 1 atom stereocenters. The van der Waals surface area contributed by atoms with E-state index in [2.05, 4.69) is 16.9 Å². The summed E-state index contributed by atoms with van der Waals surface area (Å²) >= 11 is 2.96. The molecule has 0 unspecified atom stereocenters. The number of carbonyl (C=O) groups is 2. The van der Waals surface area contributed by atoms with Crippen LogP contribution in [-0.2, 0) is 14.3 Å². The van der Waals surface area contributed by atoms with Crippen LogP contribution in [0.5, 0.6) is 0 Å². The van der Waals surface area contributed by atoms with E-state index >= 15 is 0 Å². The van der Waals surface area contributed by atoms with Crippen LogP contribution in [0.15, 0.2) is 5.03 Å². The normalized spacial score (nSPS) is 12.6. The van der Waals surface area contributed by atoms with Crippen LogP contribution in [0.3, 0.4) is 0 Å². The number of esters is 1. The Morgan fingerprint density at radius 1 is 1.07 bits per heavy atom. The van der Waals surface area contributed by atoms with Crippen LogP contribution in [0, 0.1) is 20.8 Å². The first-order valence-corrected chi connectivity index (χ1v) is 11.2. The van der Waals surface area contributed by atoms with Crippen LogP contribution in [0.4, 0.5) is 0 Å². The van der Waals surface area contributed by atoms with Crippen molar-refractivity contribution in [2.24, 2.45) is 0 Å². The highest BCUT2D eigenvalue weighted by Crippen LogP contribution is 2.35. The minimum atomic E-state index is -0.810. The van der Waals surface area contributed by atoms with Gasteiger partial charge in [0.15, 0.2) is 6.10 Å². The average molecular weight is 424 g/mol. The Bertz CT molecular complexity index is 869. The highest BCUT2D eigenvalue weighted by atomic mass is 32.2. The van der Waals surface area contributed by atoms with Crippen molar-refractivity contribution < 1.29 is 14.3 Å². The maximum atomic E-state index is 12.6. The number of thioether (sulfide) groups is 1. The predicted molar refractivity (Wildman–Crippen MR) is 115 cm³/mol. The van der Waals surface area contributed by atoms with Gasteiger partial charge in [-0.25, -0.2) is 9.97 Å². The van der Waals surface area contributed by atoms with Crippen LogP contribution < -0.4 is 0 Å². The van der Waals surface area contributed by atoms with Crippen LogP contribution >= 0.6 is 23.1 Å². The molecule has 8 heteroatoms. The molecular formula is C20H29N3O3S2. The average Bonchev–Trinajstić information content (AvgIpc) is 2.85. The summed E-state index contributed by atoms with van der Waals surface area (Å²) in [6.07, 6.45) is -0.810. The van der Waals surface area contributed by atoms with E-state index in [4.69, 9.17) is 4.74 Å². The summed E-state index contributed by atoms with van der Waals surface area (Å²) in [4.78, 5) is 37.9. The third kappa shape index (κ3) is 5.03. The van der Waals surface area contributed by atoms with E-state index in [1.165, 1.54) is 16.6 Å². The number of ether oxygens (including phenoxy) is 1. The quantitative estimate of drug-likeness (QED) is 0.376. The van der Waals surface area contributed by atoms with Gasteiger partial charge in [0.2, 0.25) is 0 Å². The van der Waals surface area contributed by atoms with Gasteiger partial charge in [0.05, 0.1) is 5.75 Å². The summed E-state index contributed by atoms with van der Waals surface area (Å²) in [5.74, 6) is 0.179. The summed E-state index contributed by atoms with van der Waals surface area (Å²) in [7, 11) is 0. The zero-order valence-electron chi connectivity index (χ0n) is 17.8. The van der Waals surface area contributed by atoms with Crippen molar-refractivity contribution in [1.29, 1.82) is 0 Å². The van der Waals surface area contributed by atoms with Crippen molar-refractivity contribution in [2.75, 3.05) is 5.75 Å². The predicted octanol–water partition coefficient (Wildman–Crippen LogP) is 4.29. The Balaban J connectivity index is 2.07. The lowest BCUT2D eigenvalue weighted by Crippen LogP contribution is -2.47. The maximum absolute atomic E-state index is 12.6. The molecule has 0 fully saturated rings. The molecule has 0 saturated heterocycles. The third-order valence-corrected chi connectivity index (χ3v) is 6.51. The molecule has 28 heavy (non-hydrogen) atoms. The first-order chi connectivity index (χ1) is 13.0. The van der Waals surface area contributed by atoms with Crippen molar-refractivity contribution in [2.45, 2.75) is 78.6 Å². The largest absolute Gasteiger partial charge is 0.452 e. The lowest BCUT2D eigenvalue weighted by atomic mass is 10.2. The molecule has 0 aliphatic rings. The molecule has 2 aromatic heterocycles. The molecule has 0 aliphatic heterocycles. The molecule has 0 aromatic carbocycles. The van der Waals surface area contributed by atoms with Gasteiger partial charge in [-0.05, 0) is 61.0 Å². The highest BCUT2D eigenvalue weighted by Gasteiger charge is 2.27. The molecule has 154 valence electrons. The molecule has 6 nitrogen and oxygen atoms in total. The Labute approximate surface area is 175 Å². The summed E-state index contributed by atoms with van der Waals surface area (Å²) in [6.45, 7) is 15.4. The van der Waals surface area contributed by atoms with E-state index in [1.807, 2.05) is 41.5 Å². The minimum Gasteiger partial charge on any atom is -0.452 e. The highest BCUT2D eigenvalue weighted by molar-refractivity contribution is 8.00. The molecule has 0 aliphatic carbocycles. The second-order valence-electron chi connectivity index (χ2n) is 7.39. The number of aromatic nitrogens is 2. The molecule has 0 radical (unpaired) electrons. The number of hydrogen-bond donors (Lipinski definition) is 0. The summed E-state index contributed by atoms with van der Waals surface area (Å²) in [5.41, 5.74) is 1.14. The second-order valence-corrected chi connectivity index (χ2v) is 9.56. The molecule has 2 aromatic rings. The topological polar surface area (TPSA) is 72.4 Å². The molecule has 0 saturated carbocycles. The maximum Gasteiger partial charge on any atom is 0.317 e. The van der Waals surface area contributed by atoms with Gasteiger partial charge < -0.3 is 9.64 Å². The van der Waals surface area contributed by atoms with E-state index < -0.39 is 12.1 Å². The van der Waals surface area contributed by atoms with E-state index in [-0.39, 0.29) is 23.7 Å². The van der Waals surface area contributed by atoms with Gasteiger partial charge in [-0.15, -0.1) is 11.3 Å². The third-order valence-electron chi connectivity index (χ3n) is 4.46. The van der Waals surface area contributed by atoms with Crippen LogP contribution in [0.2, 0.25) is 0 Å². The Hall–Kier alpha value is -1.67. The molecule has 0 bridgehead atoms. The zero-order valence-corrected chi connectivity index (χ0v) is 19.5. The fourth-order valence-electron chi connectivity index (χ4n) is 3.14. The van der Waals surface area contributed by atoms with Crippen molar-refractivity contribution in [3.8, 4) is 0 Å². The van der Waals surface area contributed by atoms with Crippen LogP contribution in [-0.4, -0.2) is 50.7 Å². The van der Waals surface area contributed by atoms with E-state index in [0.29, 0.717) is 5.82 Å². The number of rotatable bonds is 7. The fourth-order valence-corrected chi connectivity index (χ4v) is 5.20. The standard InChI is InChI=1S/C20H29N3O3S2/c1-10(2)23(11(3)4)20(25)13(6)26-16(24)9-27-18-17-12(5)14(7)28-19(17)22-15(8)21-18/h10-11,13H,9H2,1-8H3/t13-/m0/s1. The number of thiophene rings is 1. The van der Waals surface area contributed by atoms with Gasteiger partial charge in [0.25, 0.3) is 5.91 Å². The lowest BCUT2D eigenvalue weighted by Gasteiger charge is -2.32. The van der Waals surface area contributed by atoms with Crippen molar-refractivity contribution in [1.82, 2.24) is 14.9 Å². The SMILES string of the molecule is Cc1nc(SCC(=O)O[C@@H](C)C(=O)N(C(C)C)C(C)C)c2c(C)c(C)sc2n1. The van der Waals surface area contributed by atoms with Gasteiger partial charge in [0, 0.05) is 22.3 Å². The number of fused-ring (bicyclic) bond motifs is 1. The van der Waals surface area contributed by atoms with Crippen molar-refractivity contribution in [3.63, 3.8) is 0 Å². The van der Waals surface area contributed by atoms with Crippen LogP contribution in [0.1, 0.15) is 50.9 Å². The van der Waals surface area contributed by atoms with E-state index in [1.54, 1.807) is 23.2 Å². The minimum absolute atomic E-state index is 0.0464. The number of amides is 1. The number of nitrogens with zero attached hydrogens (tertiary/aromatic N) is 3. The number of carbonyl (C=O) groups excluding carboxylic acids is 2. The van der Waals surface area contributed by atoms with Crippen molar-refractivity contribution in [3.05, 3.63) is 16.3 Å². The molecule has 1 amide bonds. The van der Waals surface area contributed by atoms with Crippen molar-refractivity contribution >= 4 is 45.2 Å². The Morgan fingerprint density at radius 2 is 1.68 bits per heavy atom. The number of aryl methyl sites for hydroxylation is 3. The first kappa shape index (κ1) is 22.6. The Morgan fingerprint density at radius 3 is 2.25 bits per heavy atom. The van der Waals surface area contributed by atoms with E-state index in [9.17, 15) is 9.59 Å². The van der Waals surface area contributed by atoms with Gasteiger partial charge in [-0.1, -0.05) is 11.8 Å². The molecule has 2 heterocycles. The van der Waals surface area contributed by atoms with Gasteiger partial charge in [-0.3, -0.25) is 9.59 Å². The number of hydrogen-bond acceptors (Lipinski definition) is 7. The summed E-state index contributed by atoms with van der Waals surface area (Å²) in [6, 6.07) is 0.0928. The summed E-state index contributed by atoms with van der Waals surface area (Å²) < 4.78 is 5.40.